The summed E-state index contributed by atoms with van der Waals surface area (Å²) in [6.45, 7) is 3.08. The SMILES string of the molecule is NC/C=C/CN1CC2CC1CS2. The first-order chi connectivity index (χ1) is 5.90. The van der Waals surface area contributed by atoms with Gasteiger partial charge in [-0.15, -0.1) is 0 Å². The molecule has 2 atom stereocenters. The lowest BCUT2D eigenvalue weighted by Gasteiger charge is -2.24. The Morgan fingerprint density at radius 1 is 1.50 bits per heavy atom. The van der Waals surface area contributed by atoms with E-state index in [4.69, 9.17) is 5.73 Å². The number of likely N-dealkylation sites (tertiary alicyclic amines) is 1. The molecule has 2 nitrogen and oxygen atoms in total. The average Bonchev–Trinajstić information content (AvgIpc) is 2.65. The number of nitrogens with zero attached hydrogens (tertiary/aromatic N) is 1. The summed E-state index contributed by atoms with van der Waals surface area (Å²) in [4.78, 5) is 2.58. The molecule has 2 N–H and O–H groups in total. The van der Waals surface area contributed by atoms with Crippen LogP contribution in [0.4, 0.5) is 0 Å². The van der Waals surface area contributed by atoms with Crippen LogP contribution in [0.3, 0.4) is 0 Å². The molecule has 2 saturated heterocycles. The zero-order valence-electron chi connectivity index (χ0n) is 7.28. The highest BCUT2D eigenvalue weighted by atomic mass is 32.2. The second kappa shape index (κ2) is 3.81. The molecule has 0 amide bonds. The molecule has 68 valence electrons. The average molecular weight is 184 g/mol. The lowest BCUT2D eigenvalue weighted by Crippen LogP contribution is -2.33. The lowest BCUT2D eigenvalue weighted by molar-refractivity contribution is 0.299. The van der Waals surface area contributed by atoms with Crippen molar-refractivity contribution in [3.8, 4) is 0 Å². The first kappa shape index (κ1) is 8.60. The van der Waals surface area contributed by atoms with E-state index in [9.17, 15) is 0 Å². The van der Waals surface area contributed by atoms with Gasteiger partial charge in [0.1, 0.15) is 0 Å². The van der Waals surface area contributed by atoms with Gasteiger partial charge in [-0.2, -0.15) is 11.8 Å². The largest absolute Gasteiger partial charge is 0.327 e. The molecule has 2 bridgehead atoms. The van der Waals surface area contributed by atoms with Gasteiger partial charge < -0.3 is 5.73 Å². The van der Waals surface area contributed by atoms with Crippen molar-refractivity contribution in [2.75, 3.05) is 25.4 Å². The minimum absolute atomic E-state index is 0.677. The first-order valence-electron chi connectivity index (χ1n) is 4.61. The van der Waals surface area contributed by atoms with Gasteiger partial charge in [-0.25, -0.2) is 0 Å². The third-order valence-corrected chi connectivity index (χ3v) is 4.05. The van der Waals surface area contributed by atoms with Gasteiger partial charge in [0.25, 0.3) is 0 Å². The highest BCUT2D eigenvalue weighted by molar-refractivity contribution is 8.00. The number of hydrogen-bond acceptors (Lipinski definition) is 3. The van der Waals surface area contributed by atoms with Gasteiger partial charge in [-0.3, -0.25) is 4.90 Å². The van der Waals surface area contributed by atoms with E-state index >= 15 is 0 Å². The van der Waals surface area contributed by atoms with E-state index in [0.717, 1.165) is 17.8 Å². The number of thioether (sulfide) groups is 1. The summed E-state index contributed by atoms with van der Waals surface area (Å²) < 4.78 is 0. The Balaban J connectivity index is 1.79. The summed E-state index contributed by atoms with van der Waals surface area (Å²) in [6.07, 6.45) is 5.67. The van der Waals surface area contributed by atoms with E-state index in [0.29, 0.717) is 6.54 Å². The summed E-state index contributed by atoms with van der Waals surface area (Å²) in [5, 5.41) is 0.932. The Labute approximate surface area is 78.2 Å². The van der Waals surface area contributed by atoms with Gasteiger partial charge in [-0.05, 0) is 6.42 Å². The van der Waals surface area contributed by atoms with Crippen molar-refractivity contribution < 1.29 is 0 Å². The van der Waals surface area contributed by atoms with E-state index in [2.05, 4.69) is 28.8 Å². The van der Waals surface area contributed by atoms with Crippen molar-refractivity contribution >= 4 is 11.8 Å². The van der Waals surface area contributed by atoms with Crippen LogP contribution >= 0.6 is 11.8 Å². The summed E-state index contributed by atoms with van der Waals surface area (Å²) >= 11 is 2.14. The van der Waals surface area contributed by atoms with E-state index in [-0.39, 0.29) is 0 Å². The number of rotatable bonds is 3. The van der Waals surface area contributed by atoms with Gasteiger partial charge in [0.15, 0.2) is 0 Å². The summed E-state index contributed by atoms with van der Waals surface area (Å²) in [5.74, 6) is 1.35. The number of fused-ring (bicyclic) bond motifs is 2. The fourth-order valence-electron chi connectivity index (χ4n) is 2.01. The Kier molecular flexibility index (Phi) is 2.73. The van der Waals surface area contributed by atoms with Crippen LogP contribution in [0.25, 0.3) is 0 Å². The van der Waals surface area contributed by atoms with Crippen LogP contribution in [0.5, 0.6) is 0 Å². The predicted molar refractivity (Wildman–Crippen MR) is 54.4 cm³/mol. The van der Waals surface area contributed by atoms with Crippen LogP contribution < -0.4 is 5.73 Å². The molecule has 0 aliphatic carbocycles. The van der Waals surface area contributed by atoms with Crippen LogP contribution in [-0.4, -0.2) is 41.6 Å². The maximum atomic E-state index is 5.38. The van der Waals surface area contributed by atoms with Crippen molar-refractivity contribution in [1.82, 2.24) is 4.90 Å². The molecule has 2 aliphatic heterocycles. The van der Waals surface area contributed by atoms with Gasteiger partial charge >= 0.3 is 0 Å². The Morgan fingerprint density at radius 3 is 3.00 bits per heavy atom. The first-order valence-corrected chi connectivity index (χ1v) is 5.65. The van der Waals surface area contributed by atoms with Gasteiger partial charge in [0.05, 0.1) is 0 Å². The fourth-order valence-corrected chi connectivity index (χ4v) is 3.51. The molecule has 3 heteroatoms. The monoisotopic (exact) mass is 184 g/mol. The van der Waals surface area contributed by atoms with Gasteiger partial charge in [0, 0.05) is 36.7 Å². The van der Waals surface area contributed by atoms with Crippen LogP contribution in [0.2, 0.25) is 0 Å². The summed E-state index contributed by atoms with van der Waals surface area (Å²) in [7, 11) is 0. The number of nitrogens with two attached hydrogens (primary N) is 1. The molecule has 12 heavy (non-hydrogen) atoms. The van der Waals surface area contributed by atoms with E-state index in [1.54, 1.807) is 0 Å². The normalized spacial score (nSPS) is 35.4. The minimum atomic E-state index is 0.677. The second-order valence-electron chi connectivity index (χ2n) is 3.51. The molecule has 0 aromatic heterocycles. The molecule has 2 fully saturated rings. The molecule has 0 spiro atoms. The smallest absolute Gasteiger partial charge is 0.0201 e. The molecule has 2 heterocycles. The fraction of sp³-hybridized carbons (Fsp3) is 0.778. The van der Waals surface area contributed by atoms with E-state index in [1.165, 1.54) is 18.7 Å². The quantitative estimate of drug-likeness (QED) is 0.654. The zero-order valence-corrected chi connectivity index (χ0v) is 8.09. The van der Waals surface area contributed by atoms with Crippen LogP contribution in [0.15, 0.2) is 12.2 Å². The van der Waals surface area contributed by atoms with Gasteiger partial charge in [-0.1, -0.05) is 12.2 Å². The molecule has 2 rings (SSSR count). The Morgan fingerprint density at radius 2 is 2.42 bits per heavy atom. The number of hydrogen-bond donors (Lipinski definition) is 1. The molecule has 0 aromatic rings. The minimum Gasteiger partial charge on any atom is -0.327 e. The Bertz CT molecular complexity index is 181. The van der Waals surface area contributed by atoms with Crippen molar-refractivity contribution in [3.05, 3.63) is 12.2 Å². The maximum Gasteiger partial charge on any atom is 0.0201 e. The van der Waals surface area contributed by atoms with Crippen LogP contribution in [-0.2, 0) is 0 Å². The molecule has 0 radical (unpaired) electrons. The second-order valence-corrected chi connectivity index (χ2v) is 4.84. The van der Waals surface area contributed by atoms with Crippen LogP contribution in [0.1, 0.15) is 6.42 Å². The van der Waals surface area contributed by atoms with Crippen molar-refractivity contribution in [3.63, 3.8) is 0 Å². The molecular weight excluding hydrogens is 168 g/mol. The topological polar surface area (TPSA) is 29.3 Å². The van der Waals surface area contributed by atoms with E-state index < -0.39 is 0 Å². The summed E-state index contributed by atoms with van der Waals surface area (Å²) in [6, 6.07) is 0.863. The highest BCUT2D eigenvalue weighted by Gasteiger charge is 2.37. The lowest BCUT2D eigenvalue weighted by atomic mass is 10.2. The zero-order chi connectivity index (χ0) is 8.39. The standard InChI is InChI=1S/C9H16N2S/c10-3-1-2-4-11-6-9-5-8(11)7-12-9/h1-2,8-9H,3-7,10H2/b2-1+. The van der Waals surface area contributed by atoms with Crippen molar-refractivity contribution in [1.29, 1.82) is 0 Å². The maximum absolute atomic E-state index is 5.38. The third kappa shape index (κ3) is 1.68. The highest BCUT2D eigenvalue weighted by Crippen LogP contribution is 2.36. The third-order valence-electron chi connectivity index (χ3n) is 2.66. The van der Waals surface area contributed by atoms with Gasteiger partial charge in [0.2, 0.25) is 0 Å². The van der Waals surface area contributed by atoms with E-state index in [1.807, 2.05) is 0 Å². The van der Waals surface area contributed by atoms with Crippen molar-refractivity contribution in [2.24, 2.45) is 5.73 Å². The summed E-state index contributed by atoms with van der Waals surface area (Å²) in [5.41, 5.74) is 5.38. The molecular formula is C9H16N2S. The molecule has 0 saturated carbocycles. The Hall–Kier alpha value is 0.01000. The van der Waals surface area contributed by atoms with Crippen molar-refractivity contribution in [2.45, 2.75) is 17.7 Å². The predicted octanol–water partition coefficient (Wildman–Crippen LogP) is 0.691. The molecule has 2 aliphatic rings. The van der Waals surface area contributed by atoms with Crippen LogP contribution in [0, 0.1) is 0 Å². The molecule has 0 aromatic carbocycles. The molecule has 2 unspecified atom stereocenters.